The molecule has 0 heterocycles. The lowest BCUT2D eigenvalue weighted by molar-refractivity contribution is -0.111. The monoisotopic (exact) mass is 238 g/mol. The van der Waals surface area contributed by atoms with Gasteiger partial charge in [0.25, 0.3) is 0 Å². The number of hydrogen-bond donors (Lipinski definition) is 1. The van der Waals surface area contributed by atoms with Crippen LogP contribution in [0.3, 0.4) is 0 Å². The summed E-state index contributed by atoms with van der Waals surface area (Å²) in [7, 11) is 0. The highest BCUT2D eigenvalue weighted by Gasteiger charge is 2.17. The van der Waals surface area contributed by atoms with Crippen molar-refractivity contribution in [2.24, 2.45) is 0 Å². The van der Waals surface area contributed by atoms with E-state index in [-0.39, 0.29) is 6.42 Å². The predicted molar refractivity (Wildman–Crippen MR) is 73.0 cm³/mol. The minimum absolute atomic E-state index is 0.220. The maximum absolute atomic E-state index is 10.3. The first kappa shape index (κ1) is 16.1. The number of allylic oxidation sites excluding steroid dienone is 4. The summed E-state index contributed by atoms with van der Waals surface area (Å²) in [5.74, 6) is 0. The van der Waals surface area contributed by atoms with Crippen LogP contribution < -0.4 is 0 Å². The molecule has 0 radical (unpaired) electrons. The van der Waals surface area contributed by atoms with Crippen molar-refractivity contribution in [3.05, 3.63) is 23.3 Å². The van der Waals surface area contributed by atoms with E-state index in [1.807, 2.05) is 0 Å². The molecular weight excluding hydrogens is 212 g/mol. The average Bonchev–Trinajstić information content (AvgIpc) is 2.16. The second kappa shape index (κ2) is 8.24. The quantitative estimate of drug-likeness (QED) is 0.516. The lowest BCUT2D eigenvalue weighted by Gasteiger charge is -2.19. The van der Waals surface area contributed by atoms with Crippen molar-refractivity contribution in [3.8, 4) is 0 Å². The van der Waals surface area contributed by atoms with Crippen LogP contribution in [0.4, 0.5) is 0 Å². The Morgan fingerprint density at radius 3 is 2.35 bits per heavy atom. The lowest BCUT2D eigenvalue weighted by atomic mass is 9.96. The largest absolute Gasteiger partial charge is 0.390 e. The molecule has 17 heavy (non-hydrogen) atoms. The summed E-state index contributed by atoms with van der Waals surface area (Å²) in [6, 6.07) is 0. The molecule has 0 aromatic rings. The van der Waals surface area contributed by atoms with E-state index in [9.17, 15) is 9.90 Å². The summed E-state index contributed by atoms with van der Waals surface area (Å²) in [6.45, 7) is 8.05. The molecule has 1 unspecified atom stereocenters. The van der Waals surface area contributed by atoms with Crippen LogP contribution in [-0.2, 0) is 4.79 Å². The van der Waals surface area contributed by atoms with Crippen LogP contribution in [0.2, 0.25) is 0 Å². The van der Waals surface area contributed by atoms with Crippen molar-refractivity contribution in [1.82, 2.24) is 0 Å². The third-order valence-corrected chi connectivity index (χ3v) is 2.79. The fraction of sp³-hybridized carbons (Fsp3) is 0.667. The average molecular weight is 238 g/mol. The van der Waals surface area contributed by atoms with Crippen molar-refractivity contribution >= 4 is 6.29 Å². The molecule has 1 atom stereocenters. The molecule has 0 fully saturated rings. The Kier molecular flexibility index (Phi) is 7.81. The molecule has 2 nitrogen and oxygen atoms in total. The third kappa shape index (κ3) is 10.0. The van der Waals surface area contributed by atoms with Crippen molar-refractivity contribution in [1.29, 1.82) is 0 Å². The second-order valence-electron chi connectivity index (χ2n) is 5.28. The highest BCUT2D eigenvalue weighted by Crippen LogP contribution is 2.17. The van der Waals surface area contributed by atoms with Crippen LogP contribution in [-0.4, -0.2) is 17.0 Å². The molecule has 0 saturated heterocycles. The molecule has 0 amide bonds. The van der Waals surface area contributed by atoms with Gasteiger partial charge < -0.3 is 9.90 Å². The summed E-state index contributed by atoms with van der Waals surface area (Å²) in [4.78, 5) is 10.3. The number of hydrogen-bond acceptors (Lipinski definition) is 2. The first-order chi connectivity index (χ1) is 7.87. The zero-order valence-electron chi connectivity index (χ0n) is 11.6. The van der Waals surface area contributed by atoms with Crippen molar-refractivity contribution in [3.63, 3.8) is 0 Å². The van der Waals surface area contributed by atoms with E-state index in [0.717, 1.165) is 25.5 Å². The molecule has 1 N–H and O–H groups in total. The number of aldehydes is 1. The Bertz CT molecular complexity index is 281. The van der Waals surface area contributed by atoms with Gasteiger partial charge in [0, 0.05) is 6.42 Å². The zero-order chi connectivity index (χ0) is 13.3. The van der Waals surface area contributed by atoms with Gasteiger partial charge in [0.2, 0.25) is 0 Å². The van der Waals surface area contributed by atoms with Gasteiger partial charge in [0.15, 0.2) is 0 Å². The highest BCUT2D eigenvalue weighted by molar-refractivity contribution is 5.51. The van der Waals surface area contributed by atoms with Crippen LogP contribution in [0.25, 0.3) is 0 Å². The van der Waals surface area contributed by atoms with Gasteiger partial charge >= 0.3 is 0 Å². The Balaban J connectivity index is 3.91. The molecule has 0 aliphatic carbocycles. The molecular formula is C15H26O2. The van der Waals surface area contributed by atoms with E-state index < -0.39 is 5.60 Å². The summed E-state index contributed by atoms with van der Waals surface area (Å²) in [6.07, 6.45) is 9.03. The van der Waals surface area contributed by atoms with Crippen LogP contribution in [0.15, 0.2) is 23.3 Å². The van der Waals surface area contributed by atoms with E-state index in [2.05, 4.69) is 32.9 Å². The predicted octanol–water partition coefficient (Wildman–Crippen LogP) is 3.80. The molecule has 0 bridgehead atoms. The number of aliphatic hydroxyl groups is 1. The molecule has 98 valence electrons. The van der Waals surface area contributed by atoms with Crippen LogP contribution in [0.5, 0.6) is 0 Å². The van der Waals surface area contributed by atoms with Gasteiger partial charge in [0.05, 0.1) is 5.60 Å². The van der Waals surface area contributed by atoms with Gasteiger partial charge in [-0.2, -0.15) is 0 Å². The summed E-state index contributed by atoms with van der Waals surface area (Å²) in [5, 5.41) is 9.81. The normalized spacial score (nSPS) is 15.2. The van der Waals surface area contributed by atoms with Crippen molar-refractivity contribution < 1.29 is 9.90 Å². The van der Waals surface area contributed by atoms with E-state index in [1.54, 1.807) is 6.92 Å². The first-order valence-corrected chi connectivity index (χ1v) is 6.32. The first-order valence-electron chi connectivity index (χ1n) is 6.32. The number of carbonyl (C=O) groups excluding carboxylic acids is 1. The van der Waals surface area contributed by atoms with Gasteiger partial charge in [-0.25, -0.2) is 0 Å². The summed E-state index contributed by atoms with van der Waals surface area (Å²) < 4.78 is 0. The van der Waals surface area contributed by atoms with Gasteiger partial charge in [-0.05, 0) is 53.4 Å². The Hall–Kier alpha value is -0.890. The molecule has 0 saturated carbocycles. The van der Waals surface area contributed by atoms with E-state index in [1.165, 1.54) is 11.1 Å². The number of carbonyl (C=O) groups is 1. The topological polar surface area (TPSA) is 37.3 Å². The fourth-order valence-electron chi connectivity index (χ4n) is 1.60. The van der Waals surface area contributed by atoms with Gasteiger partial charge in [0.1, 0.15) is 6.29 Å². The van der Waals surface area contributed by atoms with E-state index >= 15 is 0 Å². The number of rotatable bonds is 8. The zero-order valence-corrected chi connectivity index (χ0v) is 11.6. The second-order valence-corrected chi connectivity index (χ2v) is 5.28. The highest BCUT2D eigenvalue weighted by atomic mass is 16.3. The van der Waals surface area contributed by atoms with Crippen LogP contribution in [0.1, 0.15) is 59.8 Å². The van der Waals surface area contributed by atoms with Crippen LogP contribution >= 0.6 is 0 Å². The molecule has 0 spiro atoms. The Morgan fingerprint density at radius 2 is 1.82 bits per heavy atom. The van der Waals surface area contributed by atoms with E-state index in [4.69, 9.17) is 0 Å². The maximum Gasteiger partial charge on any atom is 0.122 e. The summed E-state index contributed by atoms with van der Waals surface area (Å²) in [5.41, 5.74) is 1.86. The SMILES string of the molecule is CC(C)=CCC/C(C)=C/CCC(C)(O)CC=O. The van der Waals surface area contributed by atoms with Crippen molar-refractivity contribution in [2.75, 3.05) is 0 Å². The Morgan fingerprint density at radius 1 is 1.18 bits per heavy atom. The maximum atomic E-state index is 10.3. The van der Waals surface area contributed by atoms with E-state index in [0.29, 0.717) is 6.42 Å². The lowest BCUT2D eigenvalue weighted by Crippen LogP contribution is -2.23. The molecule has 0 aromatic heterocycles. The standard InChI is InChI=1S/C15H26O2/c1-13(2)7-5-8-14(3)9-6-10-15(4,17)11-12-16/h7,9,12,17H,5-6,8,10-11H2,1-4H3/b14-9+. The molecule has 0 aliphatic heterocycles. The minimum Gasteiger partial charge on any atom is -0.390 e. The van der Waals surface area contributed by atoms with Crippen LogP contribution in [0, 0.1) is 0 Å². The molecule has 0 aromatic carbocycles. The third-order valence-electron chi connectivity index (χ3n) is 2.79. The van der Waals surface area contributed by atoms with Gasteiger partial charge in [-0.15, -0.1) is 0 Å². The summed E-state index contributed by atoms with van der Waals surface area (Å²) >= 11 is 0. The Labute approximate surface area is 105 Å². The van der Waals surface area contributed by atoms with Gasteiger partial charge in [-0.1, -0.05) is 23.3 Å². The van der Waals surface area contributed by atoms with Gasteiger partial charge in [-0.3, -0.25) is 0 Å². The molecule has 2 heteroatoms. The van der Waals surface area contributed by atoms with Crippen molar-refractivity contribution in [2.45, 2.75) is 65.4 Å². The molecule has 0 aliphatic rings. The smallest absolute Gasteiger partial charge is 0.122 e. The molecule has 0 rings (SSSR count). The minimum atomic E-state index is -0.849. The fourth-order valence-corrected chi connectivity index (χ4v) is 1.60.